The van der Waals surface area contributed by atoms with E-state index in [0.29, 0.717) is 11.9 Å². The smallest absolute Gasteiger partial charge is 0.212 e. The van der Waals surface area contributed by atoms with Gasteiger partial charge in [0.1, 0.15) is 0 Å². The fourth-order valence-corrected chi connectivity index (χ4v) is 2.48. The van der Waals surface area contributed by atoms with Crippen molar-refractivity contribution < 1.29 is 4.74 Å². The number of pyridine rings is 1. The molecule has 3 nitrogen and oxygen atoms in total. The Kier molecular flexibility index (Phi) is 5.76. The number of benzene rings is 1. The van der Waals surface area contributed by atoms with Gasteiger partial charge in [0.15, 0.2) is 0 Å². The van der Waals surface area contributed by atoms with Gasteiger partial charge in [-0.25, -0.2) is 4.98 Å². The van der Waals surface area contributed by atoms with Crippen molar-refractivity contribution in [2.75, 3.05) is 13.7 Å². The lowest BCUT2D eigenvalue weighted by Crippen LogP contribution is -2.24. The number of methoxy groups -OCH3 is 1. The van der Waals surface area contributed by atoms with Crippen LogP contribution < -0.4 is 10.1 Å². The second-order valence-electron chi connectivity index (χ2n) is 5.28. The van der Waals surface area contributed by atoms with E-state index in [1.165, 1.54) is 16.7 Å². The van der Waals surface area contributed by atoms with Crippen LogP contribution in [0.4, 0.5) is 0 Å². The fourth-order valence-electron chi connectivity index (χ4n) is 2.48. The molecule has 2 aromatic rings. The molecule has 3 heteroatoms. The number of ether oxygens (including phenoxy) is 1. The van der Waals surface area contributed by atoms with Crippen LogP contribution in [0.5, 0.6) is 5.88 Å². The molecule has 2 rings (SSSR count). The zero-order valence-corrected chi connectivity index (χ0v) is 13.1. The summed E-state index contributed by atoms with van der Waals surface area (Å²) < 4.78 is 5.12. The van der Waals surface area contributed by atoms with Crippen molar-refractivity contribution in [2.24, 2.45) is 0 Å². The molecule has 0 aliphatic rings. The van der Waals surface area contributed by atoms with E-state index in [1.807, 2.05) is 12.3 Å². The minimum Gasteiger partial charge on any atom is -0.481 e. The molecule has 0 fully saturated rings. The number of aromatic nitrogens is 1. The summed E-state index contributed by atoms with van der Waals surface area (Å²) in [6.07, 6.45) is 3.96. The average molecular weight is 284 g/mol. The monoisotopic (exact) mass is 284 g/mol. The Labute approximate surface area is 127 Å². The van der Waals surface area contributed by atoms with Crippen molar-refractivity contribution in [3.05, 3.63) is 59.3 Å². The Morgan fingerprint density at radius 1 is 1.19 bits per heavy atom. The van der Waals surface area contributed by atoms with Gasteiger partial charge in [0.25, 0.3) is 0 Å². The summed E-state index contributed by atoms with van der Waals surface area (Å²) in [6, 6.07) is 12.9. The molecular formula is C18H24N2O. The average Bonchev–Trinajstić information content (AvgIpc) is 2.53. The molecular weight excluding hydrogens is 260 g/mol. The third kappa shape index (κ3) is 4.30. The second-order valence-corrected chi connectivity index (χ2v) is 5.28. The molecule has 0 amide bonds. The maximum absolute atomic E-state index is 5.12. The van der Waals surface area contributed by atoms with Gasteiger partial charge in [-0.15, -0.1) is 0 Å². The van der Waals surface area contributed by atoms with Crippen LogP contribution in [0.1, 0.15) is 36.1 Å². The Hall–Kier alpha value is -1.87. The van der Waals surface area contributed by atoms with E-state index in [1.54, 1.807) is 7.11 Å². The van der Waals surface area contributed by atoms with E-state index in [0.717, 1.165) is 19.4 Å². The summed E-state index contributed by atoms with van der Waals surface area (Å²) in [5, 5.41) is 3.64. The number of nitrogens with zero attached hydrogens (tertiary/aromatic N) is 1. The first-order valence-electron chi connectivity index (χ1n) is 7.52. The first kappa shape index (κ1) is 15.5. The number of hydrogen-bond acceptors (Lipinski definition) is 3. The maximum atomic E-state index is 5.12. The minimum atomic E-state index is 0.321. The third-order valence-electron chi connectivity index (χ3n) is 3.65. The normalized spacial score (nSPS) is 12.1. The van der Waals surface area contributed by atoms with Crippen LogP contribution in [0, 0.1) is 6.92 Å². The van der Waals surface area contributed by atoms with Crippen LogP contribution in [0.3, 0.4) is 0 Å². The second kappa shape index (κ2) is 7.79. The number of hydrogen-bond donors (Lipinski definition) is 1. The van der Waals surface area contributed by atoms with Gasteiger partial charge in [-0.1, -0.05) is 37.3 Å². The number of aryl methyl sites for hydroxylation is 1. The maximum Gasteiger partial charge on any atom is 0.212 e. The van der Waals surface area contributed by atoms with Crippen molar-refractivity contribution in [3.8, 4) is 5.88 Å². The Bertz CT molecular complexity index is 551. The third-order valence-corrected chi connectivity index (χ3v) is 3.65. The topological polar surface area (TPSA) is 34.1 Å². The van der Waals surface area contributed by atoms with Gasteiger partial charge < -0.3 is 10.1 Å². The van der Waals surface area contributed by atoms with Crippen LogP contribution in [0.15, 0.2) is 42.6 Å². The SMILES string of the molecule is CCCNC(Cc1ccc(OC)nc1)c1ccccc1C. The Balaban J connectivity index is 2.17. The lowest BCUT2D eigenvalue weighted by molar-refractivity contribution is 0.397. The van der Waals surface area contributed by atoms with E-state index in [-0.39, 0.29) is 0 Å². The van der Waals surface area contributed by atoms with E-state index in [4.69, 9.17) is 4.74 Å². The van der Waals surface area contributed by atoms with E-state index in [2.05, 4.69) is 54.5 Å². The highest BCUT2D eigenvalue weighted by atomic mass is 16.5. The van der Waals surface area contributed by atoms with Crippen molar-refractivity contribution in [3.63, 3.8) is 0 Å². The fraction of sp³-hybridized carbons (Fsp3) is 0.389. The summed E-state index contributed by atoms with van der Waals surface area (Å²) in [5.41, 5.74) is 3.90. The van der Waals surface area contributed by atoms with Crippen LogP contribution in [0.2, 0.25) is 0 Å². The van der Waals surface area contributed by atoms with Gasteiger partial charge >= 0.3 is 0 Å². The molecule has 1 aromatic carbocycles. The lowest BCUT2D eigenvalue weighted by atomic mass is 9.96. The summed E-state index contributed by atoms with van der Waals surface area (Å²) in [5.74, 6) is 0.660. The molecule has 0 spiro atoms. The predicted molar refractivity (Wildman–Crippen MR) is 86.7 cm³/mol. The first-order valence-corrected chi connectivity index (χ1v) is 7.52. The predicted octanol–water partition coefficient (Wildman–Crippen LogP) is 3.68. The summed E-state index contributed by atoms with van der Waals surface area (Å²) in [7, 11) is 1.64. The quantitative estimate of drug-likeness (QED) is 0.842. The molecule has 112 valence electrons. The van der Waals surface area contributed by atoms with Crippen molar-refractivity contribution in [2.45, 2.75) is 32.7 Å². The van der Waals surface area contributed by atoms with Crippen LogP contribution >= 0.6 is 0 Å². The van der Waals surface area contributed by atoms with Crippen molar-refractivity contribution in [1.82, 2.24) is 10.3 Å². The van der Waals surface area contributed by atoms with Gasteiger partial charge in [-0.3, -0.25) is 0 Å². The summed E-state index contributed by atoms with van der Waals surface area (Å²) >= 11 is 0. The molecule has 21 heavy (non-hydrogen) atoms. The largest absolute Gasteiger partial charge is 0.481 e. The Morgan fingerprint density at radius 3 is 2.62 bits per heavy atom. The van der Waals surface area contributed by atoms with Gasteiger partial charge in [0, 0.05) is 18.3 Å². The van der Waals surface area contributed by atoms with Gasteiger partial charge in [-0.05, 0) is 43.0 Å². The summed E-state index contributed by atoms with van der Waals surface area (Å²) in [4.78, 5) is 4.30. The number of nitrogens with one attached hydrogen (secondary N) is 1. The standard InChI is InChI=1S/C18H24N2O/c1-4-11-19-17(16-8-6-5-7-14(16)2)12-15-9-10-18(21-3)20-13-15/h5-10,13,17,19H,4,11-12H2,1-3H3. The van der Waals surface area contributed by atoms with E-state index < -0.39 is 0 Å². The van der Waals surface area contributed by atoms with Crippen molar-refractivity contribution in [1.29, 1.82) is 0 Å². The number of rotatable bonds is 7. The highest BCUT2D eigenvalue weighted by molar-refractivity contribution is 5.30. The Morgan fingerprint density at radius 2 is 2.00 bits per heavy atom. The zero-order chi connectivity index (χ0) is 15.1. The molecule has 0 saturated heterocycles. The van der Waals surface area contributed by atoms with E-state index in [9.17, 15) is 0 Å². The molecule has 0 aliphatic heterocycles. The minimum absolute atomic E-state index is 0.321. The molecule has 0 aliphatic carbocycles. The molecule has 1 unspecified atom stereocenters. The van der Waals surface area contributed by atoms with Gasteiger partial charge in [0.05, 0.1) is 7.11 Å². The van der Waals surface area contributed by atoms with E-state index >= 15 is 0 Å². The molecule has 1 N–H and O–H groups in total. The lowest BCUT2D eigenvalue weighted by Gasteiger charge is -2.21. The zero-order valence-electron chi connectivity index (χ0n) is 13.1. The molecule has 1 aromatic heterocycles. The highest BCUT2D eigenvalue weighted by Crippen LogP contribution is 2.22. The molecule has 1 atom stereocenters. The van der Waals surface area contributed by atoms with Crippen LogP contribution in [0.25, 0.3) is 0 Å². The highest BCUT2D eigenvalue weighted by Gasteiger charge is 2.13. The van der Waals surface area contributed by atoms with Gasteiger partial charge in [-0.2, -0.15) is 0 Å². The molecule has 0 radical (unpaired) electrons. The van der Waals surface area contributed by atoms with Gasteiger partial charge in [0.2, 0.25) is 5.88 Å². The molecule has 1 heterocycles. The van der Waals surface area contributed by atoms with Crippen LogP contribution in [-0.2, 0) is 6.42 Å². The molecule has 0 bridgehead atoms. The van der Waals surface area contributed by atoms with Crippen LogP contribution in [-0.4, -0.2) is 18.6 Å². The first-order chi connectivity index (χ1) is 10.2. The molecule has 0 saturated carbocycles. The van der Waals surface area contributed by atoms with Crippen molar-refractivity contribution >= 4 is 0 Å². The summed E-state index contributed by atoms with van der Waals surface area (Å²) in [6.45, 7) is 5.38.